The number of likely N-dealkylation sites (N-methyl/N-ethyl adjacent to an activating group) is 1. The molecule has 2 N–H and O–H groups in total. The molecule has 0 aliphatic rings. The van der Waals surface area contributed by atoms with Crippen molar-refractivity contribution in [2.24, 2.45) is 0 Å². The summed E-state index contributed by atoms with van der Waals surface area (Å²) in [6.07, 6.45) is 0.265. The van der Waals surface area contributed by atoms with E-state index in [1.165, 1.54) is 5.56 Å². The average molecular weight is 222 g/mol. The Morgan fingerprint density at radius 1 is 1.44 bits per heavy atom. The van der Waals surface area contributed by atoms with E-state index in [2.05, 4.69) is 24.8 Å². The van der Waals surface area contributed by atoms with E-state index in [0.29, 0.717) is 0 Å². The lowest BCUT2D eigenvalue weighted by Gasteiger charge is -2.23. The molecule has 0 spiro atoms. The van der Waals surface area contributed by atoms with Crippen LogP contribution in [-0.2, 0) is 11.3 Å². The van der Waals surface area contributed by atoms with Crippen LogP contribution >= 0.6 is 0 Å². The van der Waals surface area contributed by atoms with Gasteiger partial charge < -0.3 is 10.5 Å². The first-order valence-corrected chi connectivity index (χ1v) is 5.75. The molecular weight excluding hydrogens is 200 g/mol. The summed E-state index contributed by atoms with van der Waals surface area (Å²) in [5.41, 5.74) is 7.84. The minimum atomic E-state index is 0.265. The van der Waals surface area contributed by atoms with Crippen LogP contribution in [0, 0.1) is 0 Å². The van der Waals surface area contributed by atoms with E-state index < -0.39 is 0 Å². The molecule has 1 aromatic carbocycles. The second-order valence-electron chi connectivity index (χ2n) is 4.12. The number of benzene rings is 1. The highest BCUT2D eigenvalue weighted by Crippen LogP contribution is 2.10. The predicted octanol–water partition coefficient (Wildman–Crippen LogP) is 2.13. The summed E-state index contributed by atoms with van der Waals surface area (Å²) in [5, 5.41) is 0. The van der Waals surface area contributed by atoms with Crippen LogP contribution in [0.25, 0.3) is 0 Å². The minimum Gasteiger partial charge on any atom is -0.399 e. The lowest BCUT2D eigenvalue weighted by atomic mass is 10.2. The van der Waals surface area contributed by atoms with Gasteiger partial charge in [0.1, 0.15) is 0 Å². The zero-order valence-electron chi connectivity index (χ0n) is 10.4. The van der Waals surface area contributed by atoms with Crippen molar-refractivity contribution in [2.45, 2.75) is 26.5 Å². The zero-order chi connectivity index (χ0) is 12.0. The largest absolute Gasteiger partial charge is 0.399 e. The molecule has 1 atom stereocenters. The van der Waals surface area contributed by atoms with Gasteiger partial charge >= 0.3 is 0 Å². The summed E-state index contributed by atoms with van der Waals surface area (Å²) in [7, 11) is 1.75. The first-order chi connectivity index (χ1) is 7.65. The Morgan fingerprint density at radius 2 is 2.19 bits per heavy atom. The molecule has 0 saturated carbocycles. The molecule has 0 radical (unpaired) electrons. The Hall–Kier alpha value is -1.06. The van der Waals surface area contributed by atoms with Crippen molar-refractivity contribution in [1.29, 1.82) is 0 Å². The van der Waals surface area contributed by atoms with Gasteiger partial charge in [-0.05, 0) is 31.2 Å². The van der Waals surface area contributed by atoms with Gasteiger partial charge in [0.2, 0.25) is 0 Å². The van der Waals surface area contributed by atoms with Crippen molar-refractivity contribution in [1.82, 2.24) is 4.90 Å². The van der Waals surface area contributed by atoms with Gasteiger partial charge in [-0.2, -0.15) is 0 Å². The molecular formula is C13H22N2O. The highest BCUT2D eigenvalue weighted by Gasteiger charge is 2.08. The number of anilines is 1. The van der Waals surface area contributed by atoms with E-state index in [4.69, 9.17) is 10.5 Å². The van der Waals surface area contributed by atoms with E-state index in [0.717, 1.165) is 25.3 Å². The summed E-state index contributed by atoms with van der Waals surface area (Å²) in [5.74, 6) is 0. The Labute approximate surface area is 98.2 Å². The first kappa shape index (κ1) is 13.0. The molecule has 1 rings (SSSR count). The maximum absolute atomic E-state index is 5.76. The fourth-order valence-corrected chi connectivity index (χ4v) is 1.69. The smallest absolute Gasteiger partial charge is 0.0670 e. The number of nitrogens with zero attached hydrogens (tertiary/aromatic N) is 1. The monoisotopic (exact) mass is 222 g/mol. The van der Waals surface area contributed by atoms with Gasteiger partial charge in [0, 0.05) is 25.9 Å². The van der Waals surface area contributed by atoms with Crippen LogP contribution in [-0.4, -0.2) is 31.2 Å². The van der Waals surface area contributed by atoms with Crippen molar-refractivity contribution in [3.8, 4) is 0 Å². The molecule has 0 saturated heterocycles. The molecule has 3 nitrogen and oxygen atoms in total. The van der Waals surface area contributed by atoms with Crippen LogP contribution in [0.15, 0.2) is 24.3 Å². The van der Waals surface area contributed by atoms with Crippen molar-refractivity contribution in [3.63, 3.8) is 0 Å². The normalized spacial score (nSPS) is 13.0. The maximum atomic E-state index is 5.76. The molecule has 90 valence electrons. The SMILES string of the molecule is CCN(Cc1cccc(N)c1)CC(C)OC. The summed E-state index contributed by atoms with van der Waals surface area (Å²) >= 11 is 0. The van der Waals surface area contributed by atoms with Gasteiger partial charge in [-0.15, -0.1) is 0 Å². The number of hydrogen-bond acceptors (Lipinski definition) is 3. The van der Waals surface area contributed by atoms with Crippen LogP contribution in [0.5, 0.6) is 0 Å². The molecule has 1 aromatic rings. The number of nitrogen functional groups attached to an aromatic ring is 1. The highest BCUT2D eigenvalue weighted by molar-refractivity contribution is 5.40. The Morgan fingerprint density at radius 3 is 2.75 bits per heavy atom. The lowest BCUT2D eigenvalue weighted by molar-refractivity contribution is 0.0763. The number of ether oxygens (including phenoxy) is 1. The van der Waals surface area contributed by atoms with Crippen LogP contribution in [0.3, 0.4) is 0 Å². The zero-order valence-corrected chi connectivity index (χ0v) is 10.4. The molecule has 0 aliphatic heterocycles. The molecule has 0 amide bonds. The molecule has 16 heavy (non-hydrogen) atoms. The van der Waals surface area contributed by atoms with Crippen molar-refractivity contribution >= 4 is 5.69 Å². The summed E-state index contributed by atoms with van der Waals surface area (Å²) < 4.78 is 5.28. The molecule has 0 heterocycles. The third kappa shape index (κ3) is 4.21. The van der Waals surface area contributed by atoms with Crippen molar-refractivity contribution in [3.05, 3.63) is 29.8 Å². The summed E-state index contributed by atoms with van der Waals surface area (Å²) in [4.78, 5) is 2.35. The second-order valence-corrected chi connectivity index (χ2v) is 4.12. The highest BCUT2D eigenvalue weighted by atomic mass is 16.5. The van der Waals surface area contributed by atoms with Crippen LogP contribution in [0.2, 0.25) is 0 Å². The van der Waals surface area contributed by atoms with Crippen LogP contribution in [0.4, 0.5) is 5.69 Å². The third-order valence-electron chi connectivity index (χ3n) is 2.72. The second kappa shape index (κ2) is 6.51. The number of nitrogens with two attached hydrogens (primary N) is 1. The van der Waals surface area contributed by atoms with Gasteiger partial charge in [0.25, 0.3) is 0 Å². The van der Waals surface area contributed by atoms with E-state index >= 15 is 0 Å². The van der Waals surface area contributed by atoms with Gasteiger partial charge in [-0.25, -0.2) is 0 Å². The van der Waals surface area contributed by atoms with Gasteiger partial charge in [-0.3, -0.25) is 4.90 Å². The van der Waals surface area contributed by atoms with E-state index in [1.807, 2.05) is 18.2 Å². The molecule has 0 fully saturated rings. The minimum absolute atomic E-state index is 0.265. The quantitative estimate of drug-likeness (QED) is 0.749. The number of hydrogen-bond donors (Lipinski definition) is 1. The number of methoxy groups -OCH3 is 1. The standard InChI is InChI=1S/C13H22N2O/c1-4-15(9-11(2)16-3)10-12-6-5-7-13(14)8-12/h5-8,11H,4,9-10,14H2,1-3H3. The Kier molecular flexibility index (Phi) is 5.29. The topological polar surface area (TPSA) is 38.5 Å². The molecule has 0 bridgehead atoms. The Balaban J connectivity index is 2.56. The van der Waals surface area contributed by atoms with E-state index in [1.54, 1.807) is 7.11 Å². The third-order valence-corrected chi connectivity index (χ3v) is 2.72. The van der Waals surface area contributed by atoms with E-state index in [9.17, 15) is 0 Å². The van der Waals surface area contributed by atoms with E-state index in [-0.39, 0.29) is 6.10 Å². The summed E-state index contributed by atoms with van der Waals surface area (Å²) in [6.45, 7) is 7.14. The van der Waals surface area contributed by atoms with Crippen molar-refractivity contribution in [2.75, 3.05) is 25.9 Å². The fraction of sp³-hybridized carbons (Fsp3) is 0.538. The fourth-order valence-electron chi connectivity index (χ4n) is 1.69. The first-order valence-electron chi connectivity index (χ1n) is 5.75. The molecule has 3 heteroatoms. The summed E-state index contributed by atoms with van der Waals surface area (Å²) in [6, 6.07) is 8.05. The average Bonchev–Trinajstić information content (AvgIpc) is 2.28. The molecule has 0 aromatic heterocycles. The van der Waals surface area contributed by atoms with Crippen molar-refractivity contribution < 1.29 is 4.74 Å². The van der Waals surface area contributed by atoms with Gasteiger partial charge in [0.15, 0.2) is 0 Å². The maximum Gasteiger partial charge on any atom is 0.0670 e. The lowest BCUT2D eigenvalue weighted by Crippen LogP contribution is -2.31. The predicted molar refractivity (Wildman–Crippen MR) is 68.3 cm³/mol. The number of rotatable bonds is 6. The van der Waals surface area contributed by atoms with Crippen LogP contribution in [0.1, 0.15) is 19.4 Å². The van der Waals surface area contributed by atoms with Gasteiger partial charge in [0.05, 0.1) is 6.10 Å². The Bertz CT molecular complexity index is 315. The van der Waals surface area contributed by atoms with Crippen LogP contribution < -0.4 is 5.73 Å². The van der Waals surface area contributed by atoms with Gasteiger partial charge in [-0.1, -0.05) is 19.1 Å². The molecule has 1 unspecified atom stereocenters. The molecule has 0 aliphatic carbocycles.